The number of nitrogens with zero attached hydrogens (tertiary/aromatic N) is 3. The topological polar surface area (TPSA) is 84.8 Å². The SMILES string of the molecule is Cc1cccc(CC(=O)Cc2cc(OCC(C)(C)O)nc(N3CCOCC3)n2)c1. The molecule has 0 spiro atoms. The van der Waals surface area contributed by atoms with Crippen LogP contribution in [0.4, 0.5) is 5.95 Å². The molecule has 1 aliphatic rings. The van der Waals surface area contributed by atoms with Gasteiger partial charge in [0.1, 0.15) is 12.4 Å². The van der Waals surface area contributed by atoms with Crippen LogP contribution in [-0.4, -0.2) is 59.4 Å². The first kappa shape index (κ1) is 21.2. The van der Waals surface area contributed by atoms with Crippen molar-refractivity contribution in [3.05, 3.63) is 47.2 Å². The van der Waals surface area contributed by atoms with Gasteiger partial charge in [-0.2, -0.15) is 4.98 Å². The van der Waals surface area contributed by atoms with Crippen molar-refractivity contribution < 1.29 is 19.4 Å². The number of benzene rings is 1. The van der Waals surface area contributed by atoms with Crippen molar-refractivity contribution in [1.82, 2.24) is 9.97 Å². The van der Waals surface area contributed by atoms with Gasteiger partial charge < -0.3 is 19.5 Å². The van der Waals surface area contributed by atoms with Crippen molar-refractivity contribution >= 4 is 11.7 Å². The van der Waals surface area contributed by atoms with Crippen LogP contribution in [0.2, 0.25) is 0 Å². The van der Waals surface area contributed by atoms with Crippen LogP contribution < -0.4 is 9.64 Å². The monoisotopic (exact) mass is 399 g/mol. The molecule has 0 amide bonds. The molecule has 1 fully saturated rings. The number of aliphatic hydroxyl groups is 1. The fourth-order valence-corrected chi connectivity index (χ4v) is 3.09. The third-order valence-corrected chi connectivity index (χ3v) is 4.47. The predicted octanol–water partition coefficient (Wildman–Crippen LogP) is 2.13. The van der Waals surface area contributed by atoms with Crippen molar-refractivity contribution in [2.24, 2.45) is 0 Å². The maximum Gasteiger partial charge on any atom is 0.229 e. The summed E-state index contributed by atoms with van der Waals surface area (Å²) in [5.74, 6) is 0.970. The Morgan fingerprint density at radius 2 is 1.97 bits per heavy atom. The predicted molar refractivity (Wildman–Crippen MR) is 110 cm³/mol. The van der Waals surface area contributed by atoms with Gasteiger partial charge in [-0.1, -0.05) is 29.8 Å². The number of ketones is 1. The van der Waals surface area contributed by atoms with E-state index in [9.17, 15) is 9.90 Å². The smallest absolute Gasteiger partial charge is 0.229 e. The van der Waals surface area contributed by atoms with E-state index in [2.05, 4.69) is 9.97 Å². The number of anilines is 1. The fraction of sp³-hybridized carbons (Fsp3) is 0.500. The van der Waals surface area contributed by atoms with Crippen molar-refractivity contribution in [3.8, 4) is 5.88 Å². The van der Waals surface area contributed by atoms with Gasteiger partial charge >= 0.3 is 0 Å². The Bertz CT molecular complexity index is 842. The molecule has 1 aromatic heterocycles. The minimum absolute atomic E-state index is 0.0793. The minimum atomic E-state index is -0.981. The Balaban J connectivity index is 1.76. The standard InChI is InChI=1S/C22H29N3O4/c1-16-5-4-6-17(11-16)12-19(26)13-18-14-20(29-15-22(2,3)27)24-21(23-18)25-7-9-28-10-8-25/h4-6,11,14,27H,7-10,12-13,15H2,1-3H3. The molecule has 156 valence electrons. The second kappa shape index (κ2) is 9.33. The van der Waals surface area contributed by atoms with E-state index < -0.39 is 5.60 Å². The molecule has 0 atom stereocenters. The summed E-state index contributed by atoms with van der Waals surface area (Å²) in [6.07, 6.45) is 0.561. The van der Waals surface area contributed by atoms with E-state index in [1.165, 1.54) is 0 Å². The highest BCUT2D eigenvalue weighted by Crippen LogP contribution is 2.19. The molecule has 0 bridgehead atoms. The molecule has 7 nitrogen and oxygen atoms in total. The van der Waals surface area contributed by atoms with Crippen LogP contribution in [0.15, 0.2) is 30.3 Å². The fourth-order valence-electron chi connectivity index (χ4n) is 3.09. The highest BCUT2D eigenvalue weighted by molar-refractivity contribution is 5.82. The summed E-state index contributed by atoms with van der Waals surface area (Å²) in [4.78, 5) is 23.7. The first-order valence-corrected chi connectivity index (χ1v) is 9.91. The number of ether oxygens (including phenoxy) is 2. The number of morpholine rings is 1. The summed E-state index contributed by atoms with van der Waals surface area (Å²) in [7, 11) is 0. The average Bonchev–Trinajstić information content (AvgIpc) is 2.66. The lowest BCUT2D eigenvalue weighted by molar-refractivity contribution is -0.117. The molecule has 1 aromatic carbocycles. The van der Waals surface area contributed by atoms with Crippen molar-refractivity contribution in [2.75, 3.05) is 37.8 Å². The van der Waals surface area contributed by atoms with E-state index in [4.69, 9.17) is 9.47 Å². The quantitative estimate of drug-likeness (QED) is 0.728. The van der Waals surface area contributed by atoms with Gasteiger partial charge in [-0.25, -0.2) is 4.98 Å². The molecule has 3 rings (SSSR count). The van der Waals surface area contributed by atoms with Crippen LogP contribution >= 0.6 is 0 Å². The Hall–Kier alpha value is -2.51. The van der Waals surface area contributed by atoms with E-state index in [-0.39, 0.29) is 18.8 Å². The molecular formula is C22H29N3O4. The third-order valence-electron chi connectivity index (χ3n) is 4.47. The number of rotatable bonds is 8. The summed E-state index contributed by atoms with van der Waals surface area (Å²) >= 11 is 0. The maximum absolute atomic E-state index is 12.6. The number of hydrogen-bond donors (Lipinski definition) is 1. The first-order chi connectivity index (χ1) is 13.8. The molecule has 2 heterocycles. The molecule has 2 aromatic rings. The Morgan fingerprint density at radius 1 is 1.21 bits per heavy atom. The zero-order valence-electron chi connectivity index (χ0n) is 17.4. The zero-order chi connectivity index (χ0) is 20.9. The number of aromatic nitrogens is 2. The molecule has 0 aliphatic carbocycles. The number of carbonyl (C=O) groups is 1. The van der Waals surface area contributed by atoms with E-state index in [0.717, 1.165) is 11.1 Å². The molecule has 0 saturated carbocycles. The number of Topliss-reactive ketones (excluding diaryl/α,β-unsaturated/α-hetero) is 1. The van der Waals surface area contributed by atoms with Gasteiger partial charge in [0.25, 0.3) is 0 Å². The van der Waals surface area contributed by atoms with Gasteiger partial charge in [-0.15, -0.1) is 0 Å². The summed E-state index contributed by atoms with van der Waals surface area (Å²) in [5.41, 5.74) is 1.76. The second-order valence-corrected chi connectivity index (χ2v) is 8.08. The van der Waals surface area contributed by atoms with Crippen molar-refractivity contribution in [3.63, 3.8) is 0 Å². The number of hydrogen-bond acceptors (Lipinski definition) is 7. The lowest BCUT2D eigenvalue weighted by Crippen LogP contribution is -2.37. The van der Waals surface area contributed by atoms with Crippen LogP contribution in [0.25, 0.3) is 0 Å². The summed E-state index contributed by atoms with van der Waals surface area (Å²) in [6, 6.07) is 9.64. The largest absolute Gasteiger partial charge is 0.474 e. The van der Waals surface area contributed by atoms with Gasteiger partial charge in [0.2, 0.25) is 11.8 Å². The lowest BCUT2D eigenvalue weighted by Gasteiger charge is -2.27. The highest BCUT2D eigenvalue weighted by Gasteiger charge is 2.19. The van der Waals surface area contributed by atoms with Gasteiger partial charge in [0, 0.05) is 32.0 Å². The molecule has 0 radical (unpaired) electrons. The van der Waals surface area contributed by atoms with Crippen LogP contribution in [-0.2, 0) is 22.4 Å². The molecule has 1 N–H and O–H groups in total. The zero-order valence-corrected chi connectivity index (χ0v) is 17.4. The Morgan fingerprint density at radius 3 is 2.66 bits per heavy atom. The van der Waals surface area contributed by atoms with Gasteiger partial charge in [-0.05, 0) is 26.3 Å². The number of aryl methyl sites for hydroxylation is 1. The van der Waals surface area contributed by atoms with Crippen LogP contribution in [0.1, 0.15) is 30.7 Å². The van der Waals surface area contributed by atoms with Gasteiger partial charge in [-0.3, -0.25) is 4.79 Å². The number of carbonyl (C=O) groups excluding carboxylic acids is 1. The van der Waals surface area contributed by atoms with Crippen LogP contribution in [0.3, 0.4) is 0 Å². The lowest BCUT2D eigenvalue weighted by atomic mass is 10.0. The van der Waals surface area contributed by atoms with Crippen LogP contribution in [0, 0.1) is 6.92 Å². The van der Waals surface area contributed by atoms with E-state index in [1.54, 1.807) is 19.9 Å². The second-order valence-electron chi connectivity index (χ2n) is 8.08. The van der Waals surface area contributed by atoms with E-state index in [1.807, 2.05) is 36.1 Å². The molecule has 1 saturated heterocycles. The molecule has 1 aliphatic heterocycles. The van der Waals surface area contributed by atoms with Crippen molar-refractivity contribution in [1.29, 1.82) is 0 Å². The normalized spacial score (nSPS) is 14.7. The Kier molecular flexibility index (Phi) is 6.82. The van der Waals surface area contributed by atoms with E-state index in [0.29, 0.717) is 50.2 Å². The first-order valence-electron chi connectivity index (χ1n) is 9.91. The Labute approximate surface area is 171 Å². The summed E-state index contributed by atoms with van der Waals surface area (Å²) < 4.78 is 11.1. The van der Waals surface area contributed by atoms with Crippen molar-refractivity contribution in [2.45, 2.75) is 39.2 Å². The van der Waals surface area contributed by atoms with Crippen LogP contribution in [0.5, 0.6) is 5.88 Å². The molecule has 29 heavy (non-hydrogen) atoms. The van der Waals surface area contributed by atoms with E-state index >= 15 is 0 Å². The third kappa shape index (κ3) is 6.80. The summed E-state index contributed by atoms with van der Waals surface area (Å²) in [6.45, 7) is 8.05. The maximum atomic E-state index is 12.6. The molecular weight excluding hydrogens is 370 g/mol. The molecule has 7 heteroatoms. The minimum Gasteiger partial charge on any atom is -0.474 e. The highest BCUT2D eigenvalue weighted by atomic mass is 16.5. The average molecular weight is 399 g/mol. The van der Waals surface area contributed by atoms with Gasteiger partial charge in [0.05, 0.1) is 24.5 Å². The van der Waals surface area contributed by atoms with Gasteiger partial charge in [0.15, 0.2) is 0 Å². The summed E-state index contributed by atoms with van der Waals surface area (Å²) in [5, 5.41) is 9.95. The molecule has 0 unspecified atom stereocenters.